The number of carbonyl (C=O) groups excluding carboxylic acids is 1. The molecule has 1 amide bonds. The molecule has 1 aromatic carbocycles. The minimum Gasteiger partial charge on any atom is -0.346 e. The van der Waals surface area contributed by atoms with E-state index in [1.54, 1.807) is 6.08 Å². The Kier molecular flexibility index (Phi) is 4.24. The minimum absolute atomic E-state index is 0.0892. The second kappa shape index (κ2) is 6.48. The summed E-state index contributed by atoms with van der Waals surface area (Å²) in [6.07, 6.45) is 8.28. The molecule has 0 atom stereocenters. The molecular weight excluding hydrogens is 274 g/mol. The molecule has 0 unspecified atom stereocenters. The van der Waals surface area contributed by atoms with Crippen LogP contribution in [0.15, 0.2) is 36.5 Å². The fraction of sp³-hybridized carbons (Fsp3) is 0.333. The summed E-state index contributed by atoms with van der Waals surface area (Å²) in [6.45, 7) is 2.41. The molecule has 1 aliphatic rings. The number of benzene rings is 1. The van der Waals surface area contributed by atoms with Crippen molar-refractivity contribution in [3.63, 3.8) is 0 Å². The summed E-state index contributed by atoms with van der Waals surface area (Å²) < 4.78 is 2.08. The van der Waals surface area contributed by atoms with E-state index in [9.17, 15) is 4.79 Å². The van der Waals surface area contributed by atoms with E-state index >= 15 is 0 Å². The van der Waals surface area contributed by atoms with Crippen LogP contribution in [0.5, 0.6) is 0 Å². The van der Waals surface area contributed by atoms with Crippen molar-refractivity contribution >= 4 is 22.9 Å². The van der Waals surface area contributed by atoms with E-state index in [2.05, 4.69) is 16.7 Å². The number of carbonyl (C=O) groups is 1. The molecule has 0 aliphatic carbocycles. The Hall–Kier alpha value is -2.54. The van der Waals surface area contributed by atoms with Crippen molar-refractivity contribution in [2.45, 2.75) is 25.8 Å². The number of likely N-dealkylation sites (tertiary alicyclic amines) is 1. The third-order valence-corrected chi connectivity index (χ3v) is 4.11. The van der Waals surface area contributed by atoms with Crippen molar-refractivity contribution in [1.29, 1.82) is 5.26 Å². The normalized spacial score (nSPS) is 14.8. The zero-order valence-electron chi connectivity index (χ0n) is 12.5. The average Bonchev–Trinajstić information content (AvgIpc) is 3.19. The van der Waals surface area contributed by atoms with Gasteiger partial charge in [-0.25, -0.2) is 0 Å². The van der Waals surface area contributed by atoms with Crippen LogP contribution in [0, 0.1) is 11.3 Å². The lowest BCUT2D eigenvalue weighted by Crippen LogP contribution is -2.25. The first-order valence-corrected chi connectivity index (χ1v) is 7.71. The van der Waals surface area contributed by atoms with Crippen LogP contribution in [0.3, 0.4) is 0 Å². The summed E-state index contributed by atoms with van der Waals surface area (Å²) in [5.41, 5.74) is 2.13. The predicted molar refractivity (Wildman–Crippen MR) is 87.0 cm³/mol. The minimum atomic E-state index is 0.0892. The number of nitrogens with zero attached hydrogens (tertiary/aromatic N) is 3. The van der Waals surface area contributed by atoms with Crippen LogP contribution in [0.2, 0.25) is 0 Å². The van der Waals surface area contributed by atoms with E-state index in [0.717, 1.165) is 42.4 Å². The molecule has 1 aromatic heterocycles. The van der Waals surface area contributed by atoms with Gasteiger partial charge in [0.05, 0.1) is 12.5 Å². The lowest BCUT2D eigenvalue weighted by Gasteiger charge is -2.11. The number of amides is 1. The highest BCUT2D eigenvalue weighted by molar-refractivity contribution is 5.96. The van der Waals surface area contributed by atoms with E-state index in [1.807, 2.05) is 35.4 Å². The number of aryl methyl sites for hydroxylation is 1. The molecule has 0 bridgehead atoms. The first kappa shape index (κ1) is 14.4. The topological polar surface area (TPSA) is 49.0 Å². The molecule has 2 heterocycles. The second-order valence-corrected chi connectivity index (χ2v) is 5.57. The molecule has 4 nitrogen and oxygen atoms in total. The van der Waals surface area contributed by atoms with E-state index in [0.29, 0.717) is 13.0 Å². The second-order valence-electron chi connectivity index (χ2n) is 5.57. The number of nitriles is 1. The highest BCUT2D eigenvalue weighted by Crippen LogP contribution is 2.23. The van der Waals surface area contributed by atoms with Crippen molar-refractivity contribution in [3.05, 3.63) is 42.1 Å². The van der Waals surface area contributed by atoms with E-state index in [4.69, 9.17) is 5.26 Å². The lowest BCUT2D eigenvalue weighted by atomic mass is 10.1. The molecule has 0 radical (unpaired) electrons. The molecule has 1 saturated heterocycles. The third-order valence-electron chi connectivity index (χ3n) is 4.11. The van der Waals surface area contributed by atoms with Gasteiger partial charge >= 0.3 is 0 Å². The largest absolute Gasteiger partial charge is 0.346 e. The van der Waals surface area contributed by atoms with Crippen molar-refractivity contribution < 1.29 is 4.79 Å². The smallest absolute Gasteiger partial charge is 0.246 e. The van der Waals surface area contributed by atoms with Gasteiger partial charge in [-0.3, -0.25) is 4.79 Å². The van der Waals surface area contributed by atoms with Crippen LogP contribution in [-0.2, 0) is 11.3 Å². The fourth-order valence-electron chi connectivity index (χ4n) is 2.97. The molecule has 4 heteroatoms. The number of hydrogen-bond donors (Lipinski definition) is 0. The number of para-hydroxylation sites is 1. The fourth-order valence-corrected chi connectivity index (χ4v) is 2.97. The van der Waals surface area contributed by atoms with Crippen LogP contribution in [0.4, 0.5) is 0 Å². The molecule has 22 heavy (non-hydrogen) atoms. The molecule has 3 rings (SSSR count). The van der Waals surface area contributed by atoms with Crippen molar-refractivity contribution in [2.75, 3.05) is 13.1 Å². The zero-order valence-corrected chi connectivity index (χ0v) is 12.5. The molecule has 1 fully saturated rings. The van der Waals surface area contributed by atoms with Crippen LogP contribution >= 0.6 is 0 Å². The molecule has 1 aliphatic heterocycles. The highest BCUT2D eigenvalue weighted by Gasteiger charge is 2.15. The van der Waals surface area contributed by atoms with Gasteiger partial charge < -0.3 is 9.47 Å². The zero-order chi connectivity index (χ0) is 15.4. The summed E-state index contributed by atoms with van der Waals surface area (Å²) in [4.78, 5) is 14.0. The maximum Gasteiger partial charge on any atom is 0.246 e. The Morgan fingerprint density at radius 3 is 2.82 bits per heavy atom. The van der Waals surface area contributed by atoms with E-state index < -0.39 is 0 Å². The highest BCUT2D eigenvalue weighted by atomic mass is 16.2. The number of aromatic nitrogens is 1. The van der Waals surface area contributed by atoms with Gasteiger partial charge in [-0.15, -0.1) is 0 Å². The Balaban J connectivity index is 1.86. The van der Waals surface area contributed by atoms with Crippen LogP contribution in [-0.4, -0.2) is 28.5 Å². The van der Waals surface area contributed by atoms with E-state index in [-0.39, 0.29) is 5.91 Å². The van der Waals surface area contributed by atoms with Gasteiger partial charge in [-0.2, -0.15) is 5.26 Å². The monoisotopic (exact) mass is 293 g/mol. The molecular formula is C18H19N3O. The van der Waals surface area contributed by atoms with Gasteiger partial charge in [-0.05, 0) is 25.0 Å². The quantitative estimate of drug-likeness (QED) is 0.813. The third kappa shape index (κ3) is 2.89. The molecule has 0 spiro atoms. The van der Waals surface area contributed by atoms with Gasteiger partial charge in [0.1, 0.15) is 0 Å². The van der Waals surface area contributed by atoms with Crippen molar-refractivity contribution in [1.82, 2.24) is 9.47 Å². The molecule has 0 saturated carbocycles. The maximum atomic E-state index is 12.1. The van der Waals surface area contributed by atoms with Crippen LogP contribution in [0.1, 0.15) is 24.8 Å². The Bertz CT molecular complexity index is 745. The SMILES string of the molecule is N#CCCn1cc(C=CC(=O)N2CCCC2)c2ccccc21. The summed E-state index contributed by atoms with van der Waals surface area (Å²) >= 11 is 0. The van der Waals surface area contributed by atoms with Crippen molar-refractivity contribution in [3.8, 4) is 6.07 Å². The first-order chi connectivity index (χ1) is 10.8. The van der Waals surface area contributed by atoms with Gasteiger partial charge in [0.2, 0.25) is 5.91 Å². The summed E-state index contributed by atoms with van der Waals surface area (Å²) in [6, 6.07) is 10.3. The van der Waals surface area contributed by atoms with Gasteiger partial charge in [0.15, 0.2) is 0 Å². The summed E-state index contributed by atoms with van der Waals surface area (Å²) in [7, 11) is 0. The Labute approximate surface area is 130 Å². The average molecular weight is 293 g/mol. The Morgan fingerprint density at radius 2 is 2.05 bits per heavy atom. The van der Waals surface area contributed by atoms with Gasteiger partial charge in [0.25, 0.3) is 0 Å². The standard InChI is InChI=1S/C18H19N3O/c19-10-5-13-21-14-15(16-6-1-2-7-17(16)21)8-9-18(22)20-11-3-4-12-20/h1-2,6-9,14H,3-5,11-13H2. The van der Waals surface area contributed by atoms with Crippen LogP contribution < -0.4 is 0 Å². The Morgan fingerprint density at radius 1 is 1.27 bits per heavy atom. The number of rotatable bonds is 4. The number of hydrogen-bond acceptors (Lipinski definition) is 2. The van der Waals surface area contributed by atoms with E-state index in [1.165, 1.54) is 0 Å². The lowest BCUT2D eigenvalue weighted by molar-refractivity contribution is -0.124. The van der Waals surface area contributed by atoms with Crippen LogP contribution in [0.25, 0.3) is 17.0 Å². The summed E-state index contributed by atoms with van der Waals surface area (Å²) in [5, 5.41) is 9.89. The molecule has 112 valence electrons. The van der Waals surface area contributed by atoms with Gasteiger partial charge in [-0.1, -0.05) is 18.2 Å². The maximum absolute atomic E-state index is 12.1. The predicted octanol–water partition coefficient (Wildman–Crippen LogP) is 3.19. The molecule has 0 N–H and O–H groups in total. The molecule has 2 aromatic rings. The number of fused-ring (bicyclic) bond motifs is 1. The summed E-state index contributed by atoms with van der Waals surface area (Å²) in [5.74, 6) is 0.0892. The van der Waals surface area contributed by atoms with Crippen molar-refractivity contribution in [2.24, 2.45) is 0 Å². The first-order valence-electron chi connectivity index (χ1n) is 7.71. The van der Waals surface area contributed by atoms with Gasteiger partial charge in [0, 0.05) is 48.4 Å².